The number of nitrogens with two attached hydrogens (primary N) is 1. The van der Waals surface area contributed by atoms with Gasteiger partial charge in [0.25, 0.3) is 0 Å². The van der Waals surface area contributed by atoms with Gasteiger partial charge in [-0.2, -0.15) is 0 Å². The standard InChI is InChI=1S/C15H23N3O.HI/c1-12-5-4-6-13(11-12)18-15(16)17-9-8-14-7-2-3-10-19-14;/h4-6,11,14H,2-3,7-10H2,1H3,(H3,16,17,18);1H. The highest BCUT2D eigenvalue weighted by Gasteiger charge is 2.12. The van der Waals surface area contributed by atoms with E-state index in [2.05, 4.69) is 23.3 Å². The summed E-state index contributed by atoms with van der Waals surface area (Å²) in [6.45, 7) is 3.67. The van der Waals surface area contributed by atoms with Crippen molar-refractivity contribution in [2.75, 3.05) is 18.5 Å². The molecule has 20 heavy (non-hydrogen) atoms. The maximum Gasteiger partial charge on any atom is 0.193 e. The second-order valence-electron chi connectivity index (χ2n) is 5.04. The van der Waals surface area contributed by atoms with Crippen LogP contribution in [0.25, 0.3) is 0 Å². The van der Waals surface area contributed by atoms with Gasteiger partial charge in [-0.25, -0.2) is 0 Å². The number of nitrogens with zero attached hydrogens (tertiary/aromatic N) is 1. The molecule has 0 aromatic heterocycles. The zero-order valence-electron chi connectivity index (χ0n) is 12.0. The molecule has 3 N–H and O–H groups in total. The van der Waals surface area contributed by atoms with Crippen molar-refractivity contribution in [3.63, 3.8) is 0 Å². The first-order valence-electron chi connectivity index (χ1n) is 6.99. The molecule has 1 heterocycles. The van der Waals surface area contributed by atoms with Gasteiger partial charge in [0.1, 0.15) is 0 Å². The van der Waals surface area contributed by atoms with Crippen molar-refractivity contribution in [2.45, 2.75) is 38.7 Å². The Kier molecular flexibility index (Phi) is 7.91. The Labute approximate surface area is 138 Å². The highest BCUT2D eigenvalue weighted by Crippen LogP contribution is 2.15. The van der Waals surface area contributed by atoms with Gasteiger partial charge in [0.2, 0.25) is 0 Å². The maximum atomic E-state index is 5.87. The summed E-state index contributed by atoms with van der Waals surface area (Å²) < 4.78 is 5.66. The third kappa shape index (κ3) is 6.09. The van der Waals surface area contributed by atoms with E-state index in [1.165, 1.54) is 18.4 Å². The smallest absolute Gasteiger partial charge is 0.193 e. The molecule has 2 rings (SSSR count). The first kappa shape index (κ1) is 17.2. The van der Waals surface area contributed by atoms with Crippen LogP contribution < -0.4 is 11.1 Å². The lowest BCUT2D eigenvalue weighted by molar-refractivity contribution is 0.0129. The van der Waals surface area contributed by atoms with Crippen LogP contribution in [0.3, 0.4) is 0 Å². The summed E-state index contributed by atoms with van der Waals surface area (Å²) in [4.78, 5) is 4.35. The molecule has 0 amide bonds. The minimum atomic E-state index is 0. The van der Waals surface area contributed by atoms with Crippen molar-refractivity contribution < 1.29 is 4.74 Å². The third-order valence-corrected chi connectivity index (χ3v) is 3.30. The highest BCUT2D eigenvalue weighted by atomic mass is 127. The SMILES string of the molecule is Cc1cccc(NC(N)=NCCC2CCCCO2)c1.I. The summed E-state index contributed by atoms with van der Waals surface area (Å²) in [5.41, 5.74) is 8.05. The average molecular weight is 389 g/mol. The van der Waals surface area contributed by atoms with E-state index < -0.39 is 0 Å². The second-order valence-corrected chi connectivity index (χ2v) is 5.04. The minimum Gasteiger partial charge on any atom is -0.378 e. The number of aliphatic imine (C=N–C) groups is 1. The molecule has 112 valence electrons. The van der Waals surface area contributed by atoms with E-state index >= 15 is 0 Å². The number of hydrogen-bond acceptors (Lipinski definition) is 2. The van der Waals surface area contributed by atoms with Crippen LogP contribution in [0.1, 0.15) is 31.2 Å². The lowest BCUT2D eigenvalue weighted by atomic mass is 10.1. The number of benzene rings is 1. The summed E-state index contributed by atoms with van der Waals surface area (Å²) in [5, 5.41) is 3.11. The largest absolute Gasteiger partial charge is 0.378 e. The van der Waals surface area contributed by atoms with Crippen LogP contribution in [0.2, 0.25) is 0 Å². The average Bonchev–Trinajstić information content (AvgIpc) is 2.40. The molecule has 1 fully saturated rings. The Morgan fingerprint density at radius 2 is 2.30 bits per heavy atom. The van der Waals surface area contributed by atoms with Crippen LogP contribution >= 0.6 is 24.0 Å². The van der Waals surface area contributed by atoms with E-state index in [4.69, 9.17) is 10.5 Å². The van der Waals surface area contributed by atoms with Gasteiger partial charge in [-0.05, 0) is 50.3 Å². The molecule has 1 unspecified atom stereocenters. The number of nitrogens with one attached hydrogen (secondary N) is 1. The quantitative estimate of drug-likeness (QED) is 0.472. The molecule has 0 spiro atoms. The van der Waals surface area contributed by atoms with Gasteiger partial charge in [0, 0.05) is 18.8 Å². The van der Waals surface area contributed by atoms with E-state index in [0.29, 0.717) is 12.1 Å². The van der Waals surface area contributed by atoms with Crippen molar-refractivity contribution >= 4 is 35.6 Å². The number of halogens is 1. The van der Waals surface area contributed by atoms with Crippen LogP contribution in [0.4, 0.5) is 5.69 Å². The van der Waals surface area contributed by atoms with Crippen LogP contribution in [-0.2, 0) is 4.74 Å². The molecule has 1 saturated heterocycles. The van der Waals surface area contributed by atoms with Gasteiger partial charge in [-0.15, -0.1) is 24.0 Å². The van der Waals surface area contributed by atoms with E-state index in [-0.39, 0.29) is 24.0 Å². The summed E-state index contributed by atoms with van der Waals surface area (Å²) >= 11 is 0. The van der Waals surface area contributed by atoms with Crippen molar-refractivity contribution in [1.82, 2.24) is 0 Å². The fourth-order valence-corrected chi connectivity index (χ4v) is 2.27. The fourth-order valence-electron chi connectivity index (χ4n) is 2.27. The topological polar surface area (TPSA) is 59.6 Å². The molecular formula is C15H24IN3O. The molecule has 4 nitrogen and oxygen atoms in total. The van der Waals surface area contributed by atoms with Crippen molar-refractivity contribution in [2.24, 2.45) is 10.7 Å². The van der Waals surface area contributed by atoms with E-state index in [1.54, 1.807) is 0 Å². The molecule has 5 heteroatoms. The fraction of sp³-hybridized carbons (Fsp3) is 0.533. The minimum absolute atomic E-state index is 0. The Hall–Kier alpha value is -0.820. The van der Waals surface area contributed by atoms with E-state index in [0.717, 1.165) is 31.7 Å². The van der Waals surface area contributed by atoms with Crippen molar-refractivity contribution in [3.05, 3.63) is 29.8 Å². The van der Waals surface area contributed by atoms with Crippen molar-refractivity contribution in [3.8, 4) is 0 Å². The molecule has 0 radical (unpaired) electrons. The van der Waals surface area contributed by atoms with Gasteiger partial charge in [0.15, 0.2) is 5.96 Å². The predicted molar refractivity (Wildman–Crippen MR) is 94.9 cm³/mol. The van der Waals surface area contributed by atoms with Crippen LogP contribution in [0.15, 0.2) is 29.3 Å². The summed E-state index contributed by atoms with van der Waals surface area (Å²) in [7, 11) is 0. The maximum absolute atomic E-state index is 5.87. The second kappa shape index (κ2) is 9.18. The molecule has 1 aromatic carbocycles. The number of ether oxygens (including phenoxy) is 1. The van der Waals surface area contributed by atoms with Gasteiger partial charge in [-0.1, -0.05) is 12.1 Å². The molecule has 0 saturated carbocycles. The summed E-state index contributed by atoms with van der Waals surface area (Å²) in [6.07, 6.45) is 4.93. The molecule has 1 aliphatic rings. The predicted octanol–water partition coefficient (Wildman–Crippen LogP) is 3.30. The summed E-state index contributed by atoms with van der Waals surface area (Å²) in [6, 6.07) is 8.09. The van der Waals surface area contributed by atoms with Crippen LogP contribution in [0.5, 0.6) is 0 Å². The highest BCUT2D eigenvalue weighted by molar-refractivity contribution is 14.0. The Morgan fingerprint density at radius 3 is 3.00 bits per heavy atom. The molecular weight excluding hydrogens is 365 g/mol. The molecule has 1 aliphatic heterocycles. The zero-order valence-corrected chi connectivity index (χ0v) is 14.3. The van der Waals surface area contributed by atoms with Gasteiger partial charge >= 0.3 is 0 Å². The Bertz CT molecular complexity index is 431. The normalized spacial score (nSPS) is 19.2. The van der Waals surface area contributed by atoms with E-state index in [9.17, 15) is 0 Å². The lowest BCUT2D eigenvalue weighted by Crippen LogP contribution is -2.24. The number of hydrogen-bond donors (Lipinski definition) is 2. The van der Waals surface area contributed by atoms with Crippen LogP contribution in [0, 0.1) is 6.92 Å². The monoisotopic (exact) mass is 389 g/mol. The third-order valence-electron chi connectivity index (χ3n) is 3.30. The van der Waals surface area contributed by atoms with Gasteiger partial charge in [-0.3, -0.25) is 4.99 Å². The number of rotatable bonds is 4. The zero-order chi connectivity index (χ0) is 13.5. The first-order valence-corrected chi connectivity index (χ1v) is 6.99. The molecule has 1 aromatic rings. The van der Waals surface area contributed by atoms with Gasteiger partial charge < -0.3 is 15.8 Å². The summed E-state index contributed by atoms with van der Waals surface area (Å²) in [5.74, 6) is 0.474. The number of aryl methyl sites for hydroxylation is 1. The van der Waals surface area contributed by atoms with Crippen molar-refractivity contribution in [1.29, 1.82) is 0 Å². The molecule has 1 atom stereocenters. The van der Waals surface area contributed by atoms with Gasteiger partial charge in [0.05, 0.1) is 6.10 Å². The Morgan fingerprint density at radius 1 is 1.45 bits per heavy atom. The molecule has 0 aliphatic carbocycles. The number of guanidine groups is 1. The first-order chi connectivity index (χ1) is 9.24. The number of anilines is 1. The lowest BCUT2D eigenvalue weighted by Gasteiger charge is -2.21. The molecule has 0 bridgehead atoms. The van der Waals surface area contributed by atoms with E-state index in [1.807, 2.05) is 18.2 Å². The van der Waals surface area contributed by atoms with Crippen LogP contribution in [-0.4, -0.2) is 25.2 Å². The Balaban J connectivity index is 0.00000200.